The van der Waals surface area contributed by atoms with Gasteiger partial charge in [-0.3, -0.25) is 0 Å². The molecule has 0 aliphatic carbocycles. The van der Waals surface area contributed by atoms with Crippen molar-refractivity contribution in [2.24, 2.45) is 0 Å². The van der Waals surface area contributed by atoms with Crippen LogP contribution in [-0.2, 0) is 0 Å². The maximum Gasteiger partial charge on any atom is 0.422 e. The summed E-state index contributed by atoms with van der Waals surface area (Å²) in [6, 6.07) is 0. The molecule has 0 unspecified atom stereocenters. The predicted molar refractivity (Wildman–Crippen MR) is 32.7 cm³/mol. The summed E-state index contributed by atoms with van der Waals surface area (Å²) in [6.07, 6.45) is -10.8. The summed E-state index contributed by atoms with van der Waals surface area (Å²) in [5.41, 5.74) is 0. The molecule has 0 aromatic carbocycles. The van der Waals surface area contributed by atoms with E-state index in [0.717, 1.165) is 0 Å². The van der Waals surface area contributed by atoms with E-state index in [4.69, 9.17) is 0 Å². The molecule has 0 bridgehead atoms. The van der Waals surface area contributed by atoms with Gasteiger partial charge in [-0.1, -0.05) is 31.9 Å². The van der Waals surface area contributed by atoms with Gasteiger partial charge in [-0.2, -0.15) is 26.3 Å². The van der Waals surface area contributed by atoms with E-state index in [9.17, 15) is 26.3 Å². The van der Waals surface area contributed by atoms with E-state index in [-0.39, 0.29) is 0 Å². The largest absolute Gasteiger partial charge is 0.422 e. The summed E-state index contributed by atoms with van der Waals surface area (Å²) in [5.74, 6) is 0. The van der Waals surface area contributed by atoms with Crippen LogP contribution in [0.15, 0.2) is 0 Å². The molecule has 0 rings (SSSR count). The minimum absolute atomic E-state index is 1.49. The fourth-order valence-electron chi connectivity index (χ4n) is 0.161. The van der Waals surface area contributed by atoms with Crippen molar-refractivity contribution in [3.05, 3.63) is 0 Å². The Balaban J connectivity index is 4.75. The van der Waals surface area contributed by atoms with Gasteiger partial charge < -0.3 is 0 Å². The van der Waals surface area contributed by atoms with Crippen molar-refractivity contribution in [2.75, 3.05) is 0 Å². The summed E-state index contributed by atoms with van der Waals surface area (Å²) in [4.78, 5) is 0. The molecule has 0 aliphatic heterocycles. The summed E-state index contributed by atoms with van der Waals surface area (Å²) in [7, 11) is 0. The highest BCUT2D eigenvalue weighted by atomic mass is 79.9. The monoisotopic (exact) mass is 308 g/mol. The Kier molecular flexibility index (Phi) is 2.93. The second-order valence-electron chi connectivity index (χ2n) is 1.57. The molecule has 0 amide bonds. The van der Waals surface area contributed by atoms with Crippen molar-refractivity contribution in [2.45, 2.75) is 15.6 Å². The Labute approximate surface area is 74.2 Å². The second kappa shape index (κ2) is 2.79. The molecule has 0 nitrogen and oxygen atoms in total. The highest BCUT2D eigenvalue weighted by Crippen LogP contribution is 2.53. The lowest BCUT2D eigenvalue weighted by Gasteiger charge is -2.25. The van der Waals surface area contributed by atoms with Gasteiger partial charge in [0.2, 0.25) is 0 Å². The molecule has 0 fully saturated rings. The van der Waals surface area contributed by atoms with E-state index in [1.165, 1.54) is 31.9 Å². The Morgan fingerprint density at radius 2 is 0.818 bits per heavy atom. The van der Waals surface area contributed by atoms with E-state index in [1.807, 2.05) is 0 Å². The first kappa shape index (κ1) is 11.5. The van der Waals surface area contributed by atoms with E-state index in [1.54, 1.807) is 0 Å². The third-order valence-electron chi connectivity index (χ3n) is 0.712. The van der Waals surface area contributed by atoms with Crippen LogP contribution in [0.4, 0.5) is 26.3 Å². The van der Waals surface area contributed by atoms with Crippen LogP contribution < -0.4 is 0 Å². The molecule has 0 heterocycles. The average molecular weight is 310 g/mol. The van der Waals surface area contributed by atoms with Crippen LogP contribution in [-0.4, -0.2) is 15.6 Å². The zero-order chi connectivity index (χ0) is 9.50. The van der Waals surface area contributed by atoms with Crippen molar-refractivity contribution in [1.29, 1.82) is 0 Å². The molecule has 0 aliphatic rings. The predicted octanol–water partition coefficient (Wildman–Crippen LogP) is 3.60. The van der Waals surface area contributed by atoms with Gasteiger partial charge in [-0.05, 0) is 0 Å². The van der Waals surface area contributed by atoms with Crippen molar-refractivity contribution < 1.29 is 26.3 Å². The molecule has 0 saturated carbocycles. The van der Waals surface area contributed by atoms with Crippen LogP contribution in [0.3, 0.4) is 0 Å². The second-order valence-corrected chi connectivity index (χ2v) is 5.01. The van der Waals surface area contributed by atoms with Crippen molar-refractivity contribution in [3.63, 3.8) is 0 Å². The lowest BCUT2D eigenvalue weighted by Crippen LogP contribution is -2.46. The zero-order valence-corrected chi connectivity index (χ0v) is 7.70. The molecule has 0 aromatic rings. The molecular formula is C3Br2F6. The highest BCUT2D eigenvalue weighted by molar-refractivity contribution is 9.25. The lowest BCUT2D eigenvalue weighted by molar-refractivity contribution is -0.231. The molecule has 68 valence electrons. The summed E-state index contributed by atoms with van der Waals surface area (Å²) in [6.45, 7) is 0. The summed E-state index contributed by atoms with van der Waals surface area (Å²) >= 11 is 2.98. The van der Waals surface area contributed by atoms with E-state index >= 15 is 0 Å². The maximum atomic E-state index is 11.5. The Bertz CT molecular complexity index is 127. The standard InChI is InChI=1S/C3Br2F6/c4-1(5,2(6,7)8)3(9,10)11. The van der Waals surface area contributed by atoms with Gasteiger partial charge in [-0.15, -0.1) is 0 Å². The van der Waals surface area contributed by atoms with Gasteiger partial charge in [0.15, 0.2) is 0 Å². The van der Waals surface area contributed by atoms with E-state index < -0.39 is 15.6 Å². The molecule has 0 radical (unpaired) electrons. The van der Waals surface area contributed by atoms with E-state index in [2.05, 4.69) is 0 Å². The molecule has 11 heavy (non-hydrogen) atoms. The zero-order valence-electron chi connectivity index (χ0n) is 4.52. The van der Waals surface area contributed by atoms with Gasteiger partial charge in [0.25, 0.3) is 3.23 Å². The number of halogens is 8. The molecular weight excluding hydrogens is 310 g/mol. The molecule has 0 saturated heterocycles. The summed E-state index contributed by atoms with van der Waals surface area (Å²) in [5, 5.41) is 0. The number of hydrogen-bond donors (Lipinski definition) is 0. The first-order valence-electron chi connectivity index (χ1n) is 2.01. The van der Waals surface area contributed by atoms with Gasteiger partial charge in [-0.25, -0.2) is 0 Å². The highest BCUT2D eigenvalue weighted by Gasteiger charge is 2.68. The minimum Gasteiger partial charge on any atom is -0.168 e. The maximum absolute atomic E-state index is 11.5. The third-order valence-corrected chi connectivity index (χ3v) is 2.51. The lowest BCUT2D eigenvalue weighted by atomic mass is 10.4. The SMILES string of the molecule is FC(F)(F)C(Br)(Br)C(F)(F)F. The third kappa shape index (κ3) is 2.24. The smallest absolute Gasteiger partial charge is 0.168 e. The fourth-order valence-corrected chi connectivity index (χ4v) is 0.161. The Morgan fingerprint density at radius 3 is 0.818 bits per heavy atom. The number of hydrogen-bond acceptors (Lipinski definition) is 0. The van der Waals surface area contributed by atoms with Crippen molar-refractivity contribution in [3.8, 4) is 0 Å². The Hall–Kier alpha value is 0.540. The van der Waals surface area contributed by atoms with Crippen LogP contribution >= 0.6 is 31.9 Å². The topological polar surface area (TPSA) is 0 Å². The normalized spacial score (nSPS) is 15.3. The first-order chi connectivity index (χ1) is 4.50. The average Bonchev–Trinajstić information content (AvgIpc) is 1.58. The van der Waals surface area contributed by atoms with Gasteiger partial charge in [0.1, 0.15) is 0 Å². The first-order valence-corrected chi connectivity index (χ1v) is 3.60. The van der Waals surface area contributed by atoms with Crippen LogP contribution in [0, 0.1) is 0 Å². The van der Waals surface area contributed by atoms with Gasteiger partial charge in [0, 0.05) is 0 Å². The van der Waals surface area contributed by atoms with Gasteiger partial charge in [0.05, 0.1) is 0 Å². The van der Waals surface area contributed by atoms with E-state index in [0.29, 0.717) is 0 Å². The molecule has 0 aromatic heterocycles. The number of rotatable bonds is 0. The van der Waals surface area contributed by atoms with Crippen molar-refractivity contribution >= 4 is 31.9 Å². The number of alkyl halides is 8. The van der Waals surface area contributed by atoms with Gasteiger partial charge >= 0.3 is 12.4 Å². The van der Waals surface area contributed by atoms with Crippen LogP contribution in [0.25, 0.3) is 0 Å². The minimum atomic E-state index is -5.41. The van der Waals surface area contributed by atoms with Crippen molar-refractivity contribution in [1.82, 2.24) is 0 Å². The summed E-state index contributed by atoms with van der Waals surface area (Å²) < 4.78 is 65.1. The fraction of sp³-hybridized carbons (Fsp3) is 1.00. The van der Waals surface area contributed by atoms with Crippen LogP contribution in [0.2, 0.25) is 0 Å². The molecule has 8 heteroatoms. The van der Waals surface area contributed by atoms with Crippen LogP contribution in [0.1, 0.15) is 0 Å². The molecule has 0 atom stereocenters. The molecule has 0 N–H and O–H groups in total. The Morgan fingerprint density at radius 1 is 0.636 bits per heavy atom. The molecule has 0 spiro atoms. The quantitative estimate of drug-likeness (QED) is 0.474. The van der Waals surface area contributed by atoms with Crippen LogP contribution in [0.5, 0.6) is 0 Å².